The van der Waals surface area contributed by atoms with Crippen LogP contribution in [0.2, 0.25) is 0 Å². The summed E-state index contributed by atoms with van der Waals surface area (Å²) in [7, 11) is 1.51. The molecular formula is C20H28FN5O4. The Kier molecular flexibility index (Phi) is 7.22. The van der Waals surface area contributed by atoms with E-state index in [0.29, 0.717) is 19.6 Å². The van der Waals surface area contributed by atoms with Gasteiger partial charge in [-0.2, -0.15) is 0 Å². The van der Waals surface area contributed by atoms with Crippen LogP contribution in [0.25, 0.3) is 0 Å². The summed E-state index contributed by atoms with van der Waals surface area (Å²) in [5.74, 6) is -0.742. The molecule has 0 spiro atoms. The third-order valence-electron chi connectivity index (χ3n) is 5.56. The van der Waals surface area contributed by atoms with Crippen LogP contribution in [0.15, 0.2) is 29.3 Å². The molecule has 9 nitrogen and oxygen atoms in total. The lowest BCUT2D eigenvalue weighted by atomic mass is 9.84. The topological polar surface area (TPSA) is 123 Å². The second kappa shape index (κ2) is 9.86. The van der Waals surface area contributed by atoms with Crippen molar-refractivity contribution in [3.8, 4) is 0 Å². The largest absolute Gasteiger partial charge is 0.438 e. The number of ether oxygens (including phenoxy) is 2. The van der Waals surface area contributed by atoms with E-state index in [2.05, 4.69) is 4.99 Å². The van der Waals surface area contributed by atoms with Gasteiger partial charge in [-0.05, 0) is 25.3 Å². The number of nitrogens with two attached hydrogens (primary N) is 2. The first-order valence-corrected chi connectivity index (χ1v) is 9.97. The average molecular weight is 421 g/mol. The van der Waals surface area contributed by atoms with E-state index >= 15 is 0 Å². The molecule has 0 saturated carbocycles. The minimum atomic E-state index is -0.985. The van der Waals surface area contributed by atoms with Gasteiger partial charge in [0.25, 0.3) is 0 Å². The standard InChI is InChI=1S/C20H28FN5O4/c1-29-12-17(27)26-9-5-4-8-16(26)13-10-25(11-13)18(30-20(28)24-19(22)23)14-6-2-3-7-15(14)21/h2-3,6-7,13,16,18H,4-5,8-12H2,1H3,(H4,22,23,24,28). The Morgan fingerprint density at radius 1 is 1.27 bits per heavy atom. The van der Waals surface area contributed by atoms with Gasteiger partial charge in [0, 0.05) is 44.3 Å². The normalized spacial score (nSPS) is 20.9. The highest BCUT2D eigenvalue weighted by Gasteiger charge is 2.43. The molecule has 2 heterocycles. The Morgan fingerprint density at radius 2 is 2.00 bits per heavy atom. The maximum Gasteiger partial charge on any atom is 0.438 e. The number of benzene rings is 1. The molecule has 1 aromatic rings. The van der Waals surface area contributed by atoms with Crippen molar-refractivity contribution in [2.24, 2.45) is 22.4 Å². The van der Waals surface area contributed by atoms with Crippen LogP contribution in [0, 0.1) is 11.7 Å². The lowest BCUT2D eigenvalue weighted by molar-refractivity contribution is -0.145. The van der Waals surface area contributed by atoms with E-state index in [4.69, 9.17) is 20.9 Å². The summed E-state index contributed by atoms with van der Waals surface area (Å²) >= 11 is 0. The molecule has 0 aliphatic carbocycles. The second-order valence-corrected chi connectivity index (χ2v) is 7.59. The summed E-state index contributed by atoms with van der Waals surface area (Å²) in [6, 6.07) is 6.19. The Balaban J connectivity index is 1.72. The molecule has 1 aromatic carbocycles. The smallest absolute Gasteiger partial charge is 0.424 e. The number of rotatable bonds is 6. The number of hydrogen-bond acceptors (Lipinski definition) is 5. The molecule has 4 N–H and O–H groups in total. The quantitative estimate of drug-likeness (QED) is 0.522. The minimum Gasteiger partial charge on any atom is -0.424 e. The van der Waals surface area contributed by atoms with Crippen molar-refractivity contribution in [3.05, 3.63) is 35.6 Å². The van der Waals surface area contributed by atoms with Crippen LogP contribution in [0.4, 0.5) is 9.18 Å². The Hall–Kier alpha value is -2.72. The molecule has 0 radical (unpaired) electrons. The highest BCUT2D eigenvalue weighted by Crippen LogP contribution is 2.36. The molecule has 0 aromatic heterocycles. The summed E-state index contributed by atoms with van der Waals surface area (Å²) in [5.41, 5.74) is 10.7. The van der Waals surface area contributed by atoms with E-state index < -0.39 is 24.1 Å². The minimum absolute atomic E-state index is 0.0227. The van der Waals surface area contributed by atoms with E-state index in [9.17, 15) is 14.0 Å². The highest BCUT2D eigenvalue weighted by molar-refractivity contribution is 5.88. The molecule has 2 aliphatic rings. The van der Waals surface area contributed by atoms with Crippen molar-refractivity contribution < 1.29 is 23.5 Å². The van der Waals surface area contributed by atoms with Crippen molar-refractivity contribution >= 4 is 18.0 Å². The fourth-order valence-corrected chi connectivity index (χ4v) is 4.18. The van der Waals surface area contributed by atoms with Crippen molar-refractivity contribution in [2.45, 2.75) is 31.5 Å². The lowest BCUT2D eigenvalue weighted by Gasteiger charge is -2.50. The number of carbonyl (C=O) groups is 2. The predicted octanol–water partition coefficient (Wildman–Crippen LogP) is 1.19. The van der Waals surface area contributed by atoms with Gasteiger partial charge in [-0.3, -0.25) is 9.69 Å². The van der Waals surface area contributed by atoms with Crippen LogP contribution < -0.4 is 11.5 Å². The average Bonchev–Trinajstić information content (AvgIpc) is 2.66. The zero-order chi connectivity index (χ0) is 21.7. The van der Waals surface area contributed by atoms with E-state index in [1.807, 2.05) is 9.80 Å². The van der Waals surface area contributed by atoms with Crippen LogP contribution in [-0.4, -0.2) is 67.2 Å². The third kappa shape index (κ3) is 5.06. The SMILES string of the molecule is COCC(=O)N1CCCCC1C1CN(C(OC(=O)N=C(N)N)c2ccccc2F)C1. The van der Waals surface area contributed by atoms with Gasteiger partial charge in [-0.1, -0.05) is 18.2 Å². The fourth-order valence-electron chi connectivity index (χ4n) is 4.18. The van der Waals surface area contributed by atoms with Crippen molar-refractivity contribution in [2.75, 3.05) is 33.4 Å². The van der Waals surface area contributed by atoms with Crippen LogP contribution in [0.3, 0.4) is 0 Å². The maximum atomic E-state index is 14.4. The molecule has 2 atom stereocenters. The molecule has 2 saturated heterocycles. The number of guanidine groups is 1. The van der Waals surface area contributed by atoms with Gasteiger partial charge in [0.2, 0.25) is 5.91 Å². The first-order valence-electron chi connectivity index (χ1n) is 9.97. The number of halogens is 1. The summed E-state index contributed by atoms with van der Waals surface area (Å²) in [5, 5.41) is 0. The van der Waals surface area contributed by atoms with Gasteiger partial charge >= 0.3 is 6.09 Å². The van der Waals surface area contributed by atoms with Gasteiger partial charge in [-0.15, -0.1) is 4.99 Å². The summed E-state index contributed by atoms with van der Waals surface area (Å²) in [6.07, 6.45) is 0.988. The number of nitrogens with zero attached hydrogens (tertiary/aromatic N) is 3. The molecule has 2 aliphatic heterocycles. The molecule has 164 valence electrons. The zero-order valence-electron chi connectivity index (χ0n) is 17.0. The van der Waals surface area contributed by atoms with Crippen molar-refractivity contribution in [1.82, 2.24) is 9.80 Å². The molecule has 0 bridgehead atoms. The number of carbonyl (C=O) groups excluding carboxylic acids is 2. The number of aliphatic imine (C=N–C) groups is 1. The van der Waals surface area contributed by atoms with Crippen molar-refractivity contribution in [1.29, 1.82) is 0 Å². The van der Waals surface area contributed by atoms with Gasteiger partial charge in [0.15, 0.2) is 12.2 Å². The van der Waals surface area contributed by atoms with Crippen molar-refractivity contribution in [3.63, 3.8) is 0 Å². The molecule has 30 heavy (non-hydrogen) atoms. The zero-order valence-corrected chi connectivity index (χ0v) is 17.0. The number of amides is 2. The number of likely N-dealkylation sites (tertiary alicyclic amines) is 2. The first kappa shape index (κ1) is 22.0. The number of hydrogen-bond donors (Lipinski definition) is 2. The monoisotopic (exact) mass is 421 g/mol. The molecular weight excluding hydrogens is 393 g/mol. The summed E-state index contributed by atoms with van der Waals surface area (Å²) in [6.45, 7) is 1.87. The van der Waals surface area contributed by atoms with Crippen LogP contribution in [-0.2, 0) is 14.3 Å². The Labute approximate surface area is 174 Å². The van der Waals surface area contributed by atoms with Crippen LogP contribution >= 0.6 is 0 Å². The molecule has 10 heteroatoms. The van der Waals surface area contributed by atoms with E-state index in [-0.39, 0.29) is 30.0 Å². The highest BCUT2D eigenvalue weighted by atomic mass is 19.1. The fraction of sp³-hybridized carbons (Fsp3) is 0.550. The summed E-state index contributed by atoms with van der Waals surface area (Å²) < 4.78 is 24.8. The first-order chi connectivity index (χ1) is 14.4. The second-order valence-electron chi connectivity index (χ2n) is 7.59. The maximum absolute atomic E-state index is 14.4. The van der Waals surface area contributed by atoms with Crippen LogP contribution in [0.1, 0.15) is 31.1 Å². The number of methoxy groups -OCH3 is 1. The molecule has 2 unspecified atom stereocenters. The van der Waals surface area contributed by atoms with Crippen LogP contribution in [0.5, 0.6) is 0 Å². The summed E-state index contributed by atoms with van der Waals surface area (Å²) in [4.78, 5) is 31.5. The number of piperidine rings is 1. The van der Waals surface area contributed by atoms with Gasteiger partial charge < -0.3 is 25.8 Å². The van der Waals surface area contributed by atoms with E-state index in [1.165, 1.54) is 13.2 Å². The molecule has 2 fully saturated rings. The lowest BCUT2D eigenvalue weighted by Crippen LogP contribution is -2.60. The molecule has 3 rings (SSSR count). The Bertz CT molecular complexity index is 795. The Morgan fingerprint density at radius 3 is 2.67 bits per heavy atom. The predicted molar refractivity (Wildman–Crippen MR) is 108 cm³/mol. The van der Waals surface area contributed by atoms with Gasteiger partial charge in [0.05, 0.1) is 0 Å². The van der Waals surface area contributed by atoms with E-state index in [1.54, 1.807) is 18.2 Å². The van der Waals surface area contributed by atoms with Gasteiger partial charge in [0.1, 0.15) is 12.4 Å². The van der Waals surface area contributed by atoms with E-state index in [0.717, 1.165) is 19.3 Å². The third-order valence-corrected chi connectivity index (χ3v) is 5.56. The molecule has 2 amide bonds. The van der Waals surface area contributed by atoms with Gasteiger partial charge in [-0.25, -0.2) is 9.18 Å².